The fourth-order valence-corrected chi connectivity index (χ4v) is 2.90. The third kappa shape index (κ3) is 3.93. The number of likely N-dealkylation sites (N-methyl/N-ethyl adjacent to an activating group) is 1. The third-order valence-electron chi connectivity index (χ3n) is 3.96. The topological polar surface area (TPSA) is 26.7 Å². The van der Waals surface area contributed by atoms with E-state index in [0.717, 1.165) is 31.6 Å². The third-order valence-corrected chi connectivity index (χ3v) is 4.30. The van der Waals surface area contributed by atoms with E-state index in [1.165, 1.54) is 6.42 Å². The fourth-order valence-electron chi connectivity index (χ4n) is 2.64. The molecule has 0 spiro atoms. The number of halogens is 1. The Morgan fingerprint density at radius 2 is 2.16 bits per heavy atom. The summed E-state index contributed by atoms with van der Waals surface area (Å²) in [7, 11) is 4.26. The highest BCUT2D eigenvalue weighted by atomic mass is 35.5. The van der Waals surface area contributed by atoms with Crippen LogP contribution in [0.1, 0.15) is 24.5 Å². The molecule has 1 fully saturated rings. The molecule has 1 aliphatic heterocycles. The Labute approximate surface area is 120 Å². The molecule has 0 saturated carbocycles. The monoisotopic (exact) mass is 282 g/mol. The zero-order valence-electron chi connectivity index (χ0n) is 11.7. The molecular weight excluding hydrogens is 260 g/mol. The predicted octanol–water partition coefficient (Wildman–Crippen LogP) is 2.40. The van der Waals surface area contributed by atoms with E-state index >= 15 is 0 Å². The van der Waals surface area contributed by atoms with E-state index in [4.69, 9.17) is 11.6 Å². The number of hydrogen-bond acceptors (Lipinski definition) is 3. The minimum atomic E-state index is -0.466. The lowest BCUT2D eigenvalue weighted by Gasteiger charge is -2.21. The van der Waals surface area contributed by atoms with Crippen LogP contribution in [0.4, 0.5) is 0 Å². The molecule has 106 valence electrons. The average Bonchev–Trinajstić information content (AvgIpc) is 2.85. The Bertz CT molecular complexity index is 411. The molecule has 3 nitrogen and oxygen atoms in total. The Hall–Kier alpha value is -0.610. The van der Waals surface area contributed by atoms with Gasteiger partial charge in [-0.2, -0.15) is 0 Å². The minimum Gasteiger partial charge on any atom is -0.388 e. The smallest absolute Gasteiger partial charge is 0.0816 e. The Balaban J connectivity index is 1.82. The number of aliphatic hydroxyl groups is 1. The average molecular weight is 283 g/mol. The summed E-state index contributed by atoms with van der Waals surface area (Å²) >= 11 is 6.10. The summed E-state index contributed by atoms with van der Waals surface area (Å²) in [5.41, 5.74) is 0.840. The van der Waals surface area contributed by atoms with Crippen molar-refractivity contribution < 1.29 is 5.11 Å². The molecule has 4 heteroatoms. The summed E-state index contributed by atoms with van der Waals surface area (Å²) in [4.78, 5) is 4.70. The first-order valence-electron chi connectivity index (χ1n) is 6.89. The van der Waals surface area contributed by atoms with Crippen molar-refractivity contribution in [3.8, 4) is 0 Å². The highest BCUT2D eigenvalue weighted by Crippen LogP contribution is 2.25. The van der Waals surface area contributed by atoms with Crippen LogP contribution in [0.25, 0.3) is 0 Å². The van der Waals surface area contributed by atoms with Gasteiger partial charge >= 0.3 is 0 Å². The van der Waals surface area contributed by atoms with E-state index in [0.29, 0.717) is 11.1 Å². The van der Waals surface area contributed by atoms with Crippen molar-refractivity contribution in [2.75, 3.05) is 33.7 Å². The van der Waals surface area contributed by atoms with Gasteiger partial charge in [0.15, 0.2) is 0 Å². The number of benzene rings is 1. The van der Waals surface area contributed by atoms with Gasteiger partial charge in [-0.25, -0.2) is 0 Å². The molecule has 2 atom stereocenters. The number of rotatable bonds is 5. The van der Waals surface area contributed by atoms with E-state index in [-0.39, 0.29) is 0 Å². The summed E-state index contributed by atoms with van der Waals surface area (Å²) in [5.74, 6) is 0. The van der Waals surface area contributed by atoms with Crippen LogP contribution in [0.3, 0.4) is 0 Å². The minimum absolute atomic E-state index is 0.466. The second-order valence-corrected chi connectivity index (χ2v) is 5.94. The van der Waals surface area contributed by atoms with E-state index in [9.17, 15) is 5.11 Å². The predicted molar refractivity (Wildman–Crippen MR) is 79.6 cm³/mol. The highest BCUT2D eigenvalue weighted by Gasteiger charge is 2.24. The van der Waals surface area contributed by atoms with Gasteiger partial charge < -0.3 is 14.9 Å². The molecule has 1 aliphatic rings. The SMILES string of the molecule is CN(C)C1CCN(CCC(O)c2ccccc2Cl)C1. The largest absolute Gasteiger partial charge is 0.388 e. The summed E-state index contributed by atoms with van der Waals surface area (Å²) in [6.45, 7) is 3.15. The Kier molecular flexibility index (Phi) is 5.22. The molecule has 1 aromatic carbocycles. The molecule has 1 saturated heterocycles. The standard InChI is InChI=1S/C15H23ClN2O/c1-17(2)12-7-9-18(11-12)10-8-15(19)13-5-3-4-6-14(13)16/h3-6,12,15,19H,7-11H2,1-2H3. The molecular formula is C15H23ClN2O. The van der Waals surface area contributed by atoms with Crippen LogP contribution in [-0.4, -0.2) is 54.7 Å². The van der Waals surface area contributed by atoms with Crippen LogP contribution >= 0.6 is 11.6 Å². The summed E-state index contributed by atoms with van der Waals surface area (Å²) in [6.07, 6.45) is 1.49. The van der Waals surface area contributed by atoms with Crippen molar-refractivity contribution in [1.29, 1.82) is 0 Å². The molecule has 0 aliphatic carbocycles. The van der Waals surface area contributed by atoms with Crippen molar-refractivity contribution in [2.24, 2.45) is 0 Å². The number of hydrogen-bond donors (Lipinski definition) is 1. The lowest BCUT2D eigenvalue weighted by molar-refractivity contribution is 0.146. The quantitative estimate of drug-likeness (QED) is 0.898. The second kappa shape index (κ2) is 6.71. The zero-order chi connectivity index (χ0) is 13.8. The van der Waals surface area contributed by atoms with Gasteiger partial charge in [0, 0.05) is 24.2 Å². The van der Waals surface area contributed by atoms with Crippen LogP contribution in [0.2, 0.25) is 5.02 Å². The van der Waals surface area contributed by atoms with Gasteiger partial charge in [-0.05, 0) is 45.1 Å². The van der Waals surface area contributed by atoms with Crippen molar-refractivity contribution in [3.05, 3.63) is 34.9 Å². The number of likely N-dealkylation sites (tertiary alicyclic amines) is 1. The van der Waals surface area contributed by atoms with Gasteiger partial charge in [-0.3, -0.25) is 0 Å². The van der Waals surface area contributed by atoms with Crippen molar-refractivity contribution in [1.82, 2.24) is 9.80 Å². The molecule has 0 radical (unpaired) electrons. The highest BCUT2D eigenvalue weighted by molar-refractivity contribution is 6.31. The zero-order valence-corrected chi connectivity index (χ0v) is 12.5. The van der Waals surface area contributed by atoms with Crippen molar-refractivity contribution >= 4 is 11.6 Å². The molecule has 1 heterocycles. The first-order valence-corrected chi connectivity index (χ1v) is 7.27. The Morgan fingerprint density at radius 1 is 1.42 bits per heavy atom. The van der Waals surface area contributed by atoms with Gasteiger partial charge in [0.1, 0.15) is 0 Å². The van der Waals surface area contributed by atoms with Crippen LogP contribution in [0.5, 0.6) is 0 Å². The van der Waals surface area contributed by atoms with Crippen molar-refractivity contribution in [3.63, 3.8) is 0 Å². The normalized spacial score (nSPS) is 22.1. The van der Waals surface area contributed by atoms with Gasteiger partial charge in [-0.1, -0.05) is 29.8 Å². The van der Waals surface area contributed by atoms with Crippen molar-refractivity contribution in [2.45, 2.75) is 25.0 Å². The molecule has 2 unspecified atom stereocenters. The molecule has 1 N–H and O–H groups in total. The van der Waals surface area contributed by atoms with Crippen LogP contribution in [0.15, 0.2) is 24.3 Å². The Morgan fingerprint density at radius 3 is 2.79 bits per heavy atom. The second-order valence-electron chi connectivity index (χ2n) is 5.53. The molecule has 0 amide bonds. The van der Waals surface area contributed by atoms with E-state index in [1.807, 2.05) is 24.3 Å². The van der Waals surface area contributed by atoms with Crippen LogP contribution in [-0.2, 0) is 0 Å². The maximum atomic E-state index is 10.2. The van der Waals surface area contributed by atoms with Gasteiger partial charge in [0.05, 0.1) is 6.10 Å². The number of nitrogens with zero attached hydrogens (tertiary/aromatic N) is 2. The molecule has 19 heavy (non-hydrogen) atoms. The summed E-state index contributed by atoms with van der Waals surface area (Å²) in [6, 6.07) is 8.19. The lowest BCUT2D eigenvalue weighted by Crippen LogP contribution is -2.32. The lowest BCUT2D eigenvalue weighted by atomic mass is 10.1. The number of aliphatic hydroxyl groups excluding tert-OH is 1. The van der Waals surface area contributed by atoms with Gasteiger partial charge in [-0.15, -0.1) is 0 Å². The first-order chi connectivity index (χ1) is 9.08. The molecule has 1 aromatic rings. The van der Waals surface area contributed by atoms with E-state index in [1.54, 1.807) is 0 Å². The van der Waals surface area contributed by atoms with Crippen LogP contribution < -0.4 is 0 Å². The summed E-state index contributed by atoms with van der Waals surface area (Å²) in [5, 5.41) is 10.9. The molecule has 2 rings (SSSR count). The van der Waals surface area contributed by atoms with E-state index < -0.39 is 6.10 Å². The maximum absolute atomic E-state index is 10.2. The van der Waals surface area contributed by atoms with E-state index in [2.05, 4.69) is 23.9 Å². The summed E-state index contributed by atoms with van der Waals surface area (Å²) < 4.78 is 0. The van der Waals surface area contributed by atoms with Gasteiger partial charge in [0.2, 0.25) is 0 Å². The molecule has 0 aromatic heterocycles. The first kappa shape index (κ1) is 14.8. The maximum Gasteiger partial charge on any atom is 0.0816 e. The molecule has 0 bridgehead atoms. The van der Waals surface area contributed by atoms with Gasteiger partial charge in [0.25, 0.3) is 0 Å². The fraction of sp³-hybridized carbons (Fsp3) is 0.600. The van der Waals surface area contributed by atoms with Crippen LogP contribution in [0, 0.1) is 0 Å².